The predicted molar refractivity (Wildman–Crippen MR) is 57.0 cm³/mol. The minimum Gasteiger partial charge on any atom is -0.467 e. The number of hydrogen-bond acceptors (Lipinski definition) is 6. The molecule has 1 heterocycles. The quantitative estimate of drug-likeness (QED) is 0.809. The summed E-state index contributed by atoms with van der Waals surface area (Å²) in [5.41, 5.74) is 0. The van der Waals surface area contributed by atoms with E-state index in [9.17, 15) is 22.0 Å². The second-order valence-corrected chi connectivity index (χ2v) is 3.45. The van der Waals surface area contributed by atoms with Crippen LogP contribution >= 0.6 is 0 Å². The van der Waals surface area contributed by atoms with E-state index in [0.29, 0.717) is 6.54 Å². The number of nitrogens with zero attached hydrogens (tertiary/aromatic N) is 3. The molecule has 0 bridgehead atoms. The van der Waals surface area contributed by atoms with Crippen LogP contribution < -0.4 is 14.8 Å². The Labute approximate surface area is 110 Å². The highest BCUT2D eigenvalue weighted by Crippen LogP contribution is 2.35. The van der Waals surface area contributed by atoms with Crippen LogP contribution in [-0.4, -0.2) is 47.3 Å². The molecule has 0 aliphatic carbocycles. The van der Waals surface area contributed by atoms with E-state index in [2.05, 4.69) is 29.7 Å². The molecule has 1 aromatic heterocycles. The van der Waals surface area contributed by atoms with Gasteiger partial charge in [-0.15, -0.1) is 4.98 Å². The van der Waals surface area contributed by atoms with Gasteiger partial charge in [-0.2, -0.15) is 31.9 Å². The number of hydrogen-bond donors (Lipinski definition) is 1. The van der Waals surface area contributed by atoms with Gasteiger partial charge in [-0.05, 0) is 6.92 Å². The van der Waals surface area contributed by atoms with Crippen LogP contribution in [0.2, 0.25) is 0 Å². The highest BCUT2D eigenvalue weighted by molar-refractivity contribution is 5.27. The number of anilines is 1. The summed E-state index contributed by atoms with van der Waals surface area (Å²) < 4.78 is 70.2. The van der Waals surface area contributed by atoms with Gasteiger partial charge in [0, 0.05) is 6.54 Å². The normalized spacial score (nSPS) is 12.2. The van der Waals surface area contributed by atoms with Crippen LogP contribution in [0.3, 0.4) is 0 Å². The second-order valence-electron chi connectivity index (χ2n) is 3.45. The molecule has 1 rings (SSSR count). The van der Waals surface area contributed by atoms with Gasteiger partial charge in [0.15, 0.2) is 6.61 Å². The Kier molecular flexibility index (Phi) is 4.84. The highest BCUT2D eigenvalue weighted by atomic mass is 19.4. The molecule has 0 atom stereocenters. The summed E-state index contributed by atoms with van der Waals surface area (Å²) in [6, 6.07) is -0.974. The van der Waals surface area contributed by atoms with Gasteiger partial charge in [0.25, 0.3) is 0 Å². The van der Waals surface area contributed by atoms with Crippen molar-refractivity contribution in [3.8, 4) is 12.0 Å². The minimum atomic E-state index is -5.71. The first-order valence-corrected chi connectivity index (χ1v) is 5.31. The van der Waals surface area contributed by atoms with Gasteiger partial charge in [-0.1, -0.05) is 0 Å². The Morgan fingerprint density at radius 2 is 1.65 bits per heavy atom. The lowest BCUT2D eigenvalue weighted by Gasteiger charge is -2.19. The molecule has 1 aromatic rings. The highest BCUT2D eigenvalue weighted by Gasteiger charge is 2.58. The minimum absolute atomic E-state index is 0.0651. The molecule has 0 fully saturated rings. The topological polar surface area (TPSA) is 69.2 Å². The molecule has 0 saturated heterocycles. The van der Waals surface area contributed by atoms with Crippen molar-refractivity contribution in [2.75, 3.05) is 25.6 Å². The van der Waals surface area contributed by atoms with Crippen molar-refractivity contribution in [3.05, 3.63) is 0 Å². The Morgan fingerprint density at radius 3 is 2.15 bits per heavy atom. The molecule has 0 amide bonds. The van der Waals surface area contributed by atoms with Crippen LogP contribution in [0, 0.1) is 0 Å². The van der Waals surface area contributed by atoms with Gasteiger partial charge in [0.1, 0.15) is 0 Å². The van der Waals surface area contributed by atoms with Gasteiger partial charge < -0.3 is 14.8 Å². The molecule has 114 valence electrons. The molecule has 0 unspecified atom stereocenters. The van der Waals surface area contributed by atoms with E-state index in [4.69, 9.17) is 0 Å². The third-order valence-corrected chi connectivity index (χ3v) is 1.91. The Morgan fingerprint density at radius 1 is 1.05 bits per heavy atom. The van der Waals surface area contributed by atoms with Crippen molar-refractivity contribution in [2.24, 2.45) is 0 Å². The number of methoxy groups -OCH3 is 1. The van der Waals surface area contributed by atoms with E-state index in [0.717, 1.165) is 0 Å². The molecular weight excluding hydrogens is 291 g/mol. The number of alkyl halides is 5. The fraction of sp³-hybridized carbons (Fsp3) is 0.667. The van der Waals surface area contributed by atoms with E-state index in [-0.39, 0.29) is 12.0 Å². The summed E-state index contributed by atoms with van der Waals surface area (Å²) in [6.07, 6.45) is -5.71. The lowest BCUT2D eigenvalue weighted by molar-refractivity contribution is -0.290. The summed E-state index contributed by atoms with van der Waals surface area (Å²) in [6.45, 7) is 0.162. The van der Waals surface area contributed by atoms with Crippen LogP contribution in [0.1, 0.15) is 6.92 Å². The number of nitrogens with one attached hydrogen (secondary N) is 1. The van der Waals surface area contributed by atoms with Crippen LogP contribution in [0.15, 0.2) is 0 Å². The maximum atomic E-state index is 12.7. The summed E-state index contributed by atoms with van der Waals surface area (Å²) >= 11 is 0. The van der Waals surface area contributed by atoms with Crippen molar-refractivity contribution < 1.29 is 31.4 Å². The smallest absolute Gasteiger partial charge is 0.456 e. The van der Waals surface area contributed by atoms with Crippen LogP contribution in [0.4, 0.5) is 27.9 Å². The Hall–Kier alpha value is -1.94. The zero-order valence-corrected chi connectivity index (χ0v) is 10.5. The van der Waals surface area contributed by atoms with Gasteiger partial charge in [-0.25, -0.2) is 0 Å². The van der Waals surface area contributed by atoms with Crippen LogP contribution in [-0.2, 0) is 0 Å². The van der Waals surface area contributed by atoms with Crippen molar-refractivity contribution in [2.45, 2.75) is 19.0 Å². The lowest BCUT2D eigenvalue weighted by Crippen LogP contribution is -2.42. The monoisotopic (exact) mass is 302 g/mol. The third kappa shape index (κ3) is 4.03. The molecule has 0 spiro atoms. The summed E-state index contributed by atoms with van der Waals surface area (Å²) in [5.74, 6) is -5.07. The van der Waals surface area contributed by atoms with Crippen LogP contribution in [0.5, 0.6) is 12.0 Å². The number of halogens is 5. The Bertz CT molecular complexity index is 454. The fourth-order valence-corrected chi connectivity index (χ4v) is 0.968. The largest absolute Gasteiger partial charge is 0.467 e. The maximum absolute atomic E-state index is 12.7. The second kappa shape index (κ2) is 6.01. The first kappa shape index (κ1) is 16.1. The first-order valence-electron chi connectivity index (χ1n) is 5.31. The molecule has 20 heavy (non-hydrogen) atoms. The van der Waals surface area contributed by atoms with Crippen molar-refractivity contribution in [1.29, 1.82) is 0 Å². The van der Waals surface area contributed by atoms with Crippen molar-refractivity contribution >= 4 is 5.95 Å². The van der Waals surface area contributed by atoms with E-state index >= 15 is 0 Å². The van der Waals surface area contributed by atoms with Gasteiger partial charge in [-0.3, -0.25) is 0 Å². The standard InChI is InChI=1S/C9H11F5N4O2/c1-3-15-5-16-6(19-2)18-7(17-5)20-4-8(10,11)9(12,13)14/h3-4H2,1-2H3,(H,15,16,17,18). The van der Waals surface area contributed by atoms with Gasteiger partial charge in [0.2, 0.25) is 5.95 Å². The molecule has 0 aliphatic heterocycles. The zero-order valence-electron chi connectivity index (χ0n) is 10.5. The fourth-order valence-electron chi connectivity index (χ4n) is 0.968. The first-order chi connectivity index (χ1) is 9.19. The maximum Gasteiger partial charge on any atom is 0.456 e. The van der Waals surface area contributed by atoms with E-state index in [1.54, 1.807) is 6.92 Å². The molecular formula is C9H11F5N4O2. The molecule has 1 N–H and O–H groups in total. The number of rotatable bonds is 6. The zero-order chi connectivity index (χ0) is 15.4. The SMILES string of the molecule is CCNc1nc(OC)nc(OCC(F)(F)C(F)(F)F)n1. The molecule has 0 saturated carbocycles. The molecule has 0 radical (unpaired) electrons. The van der Waals surface area contributed by atoms with Crippen molar-refractivity contribution in [3.63, 3.8) is 0 Å². The summed E-state index contributed by atoms with van der Waals surface area (Å²) in [4.78, 5) is 10.6. The lowest BCUT2D eigenvalue weighted by atomic mass is 10.3. The average molecular weight is 302 g/mol. The predicted octanol–water partition coefficient (Wildman–Crippen LogP) is 1.89. The van der Waals surface area contributed by atoms with Crippen LogP contribution in [0.25, 0.3) is 0 Å². The van der Waals surface area contributed by atoms with Gasteiger partial charge in [0.05, 0.1) is 7.11 Å². The van der Waals surface area contributed by atoms with Crippen molar-refractivity contribution in [1.82, 2.24) is 15.0 Å². The summed E-state index contributed by atoms with van der Waals surface area (Å²) in [7, 11) is 1.19. The number of ether oxygens (including phenoxy) is 2. The molecule has 11 heteroatoms. The summed E-state index contributed by atoms with van der Waals surface area (Å²) in [5, 5.41) is 2.62. The molecule has 0 aromatic carbocycles. The molecule has 6 nitrogen and oxygen atoms in total. The average Bonchev–Trinajstić information content (AvgIpc) is 2.35. The van der Waals surface area contributed by atoms with E-state index < -0.39 is 24.7 Å². The Balaban J connectivity index is 2.84. The van der Waals surface area contributed by atoms with E-state index in [1.165, 1.54) is 7.11 Å². The van der Waals surface area contributed by atoms with Gasteiger partial charge >= 0.3 is 24.1 Å². The molecule has 0 aliphatic rings. The third-order valence-electron chi connectivity index (χ3n) is 1.91. The number of aromatic nitrogens is 3. The van der Waals surface area contributed by atoms with E-state index in [1.807, 2.05) is 0 Å².